The summed E-state index contributed by atoms with van der Waals surface area (Å²) in [4.78, 5) is 12.1. The molecular formula is C13H18BrNOS. The van der Waals surface area contributed by atoms with E-state index in [0.29, 0.717) is 5.78 Å². The van der Waals surface area contributed by atoms with Crippen LogP contribution in [0.15, 0.2) is 16.8 Å². The molecule has 4 heteroatoms. The second kappa shape index (κ2) is 5.21. The Balaban J connectivity index is 0.00000108. The summed E-state index contributed by atoms with van der Waals surface area (Å²) in [5, 5.41) is 3.98. The number of piperidine rings is 3. The number of hydrogen-bond donors (Lipinski definition) is 0. The van der Waals surface area contributed by atoms with Gasteiger partial charge in [-0.3, -0.25) is 4.79 Å². The first-order valence-electron chi connectivity index (χ1n) is 6.18. The second-order valence-corrected chi connectivity index (χ2v) is 6.12. The largest absolute Gasteiger partial charge is 1.00 e. The van der Waals surface area contributed by atoms with Crippen molar-refractivity contribution in [1.29, 1.82) is 0 Å². The van der Waals surface area contributed by atoms with Gasteiger partial charge in [0.15, 0.2) is 0 Å². The minimum Gasteiger partial charge on any atom is -1.00 e. The van der Waals surface area contributed by atoms with Crippen LogP contribution < -0.4 is 17.0 Å². The number of carbonyl (C=O) groups excluding carboxylic acids is 1. The zero-order valence-corrected chi connectivity index (χ0v) is 12.3. The maximum absolute atomic E-state index is 12.1. The summed E-state index contributed by atoms with van der Waals surface area (Å²) in [5.41, 5.74) is 0.921. The molecule has 0 N–H and O–H groups in total. The highest BCUT2D eigenvalue weighted by Gasteiger charge is 2.40. The van der Waals surface area contributed by atoms with Crippen LogP contribution in [0.4, 0.5) is 0 Å². The Morgan fingerprint density at radius 3 is 2.47 bits per heavy atom. The molecule has 1 aromatic heterocycles. The summed E-state index contributed by atoms with van der Waals surface area (Å²) >= 11 is 1.62. The molecule has 1 aromatic rings. The van der Waals surface area contributed by atoms with Gasteiger partial charge in [-0.1, -0.05) is 0 Å². The fourth-order valence-electron chi connectivity index (χ4n) is 3.19. The van der Waals surface area contributed by atoms with E-state index in [0.717, 1.165) is 22.5 Å². The summed E-state index contributed by atoms with van der Waals surface area (Å²) in [6.07, 6.45) is 4.03. The molecule has 0 unspecified atom stereocenters. The molecule has 0 aliphatic carbocycles. The third kappa shape index (κ3) is 2.64. The van der Waals surface area contributed by atoms with Crippen LogP contribution in [0.1, 0.15) is 29.6 Å². The normalized spacial score (nSPS) is 30.9. The van der Waals surface area contributed by atoms with Gasteiger partial charge in [0.25, 0.3) is 0 Å². The minimum absolute atomic E-state index is 0. The van der Waals surface area contributed by atoms with Gasteiger partial charge in [-0.2, -0.15) is 11.3 Å². The number of fused-ring (bicyclic) bond motifs is 3. The fraction of sp³-hybridized carbons (Fsp3) is 0.615. The topological polar surface area (TPSA) is 17.1 Å². The van der Waals surface area contributed by atoms with Crippen molar-refractivity contribution in [3.63, 3.8) is 0 Å². The number of nitrogens with zero attached hydrogens (tertiary/aromatic N) is 1. The Morgan fingerprint density at radius 1 is 1.29 bits per heavy atom. The molecule has 3 aliphatic heterocycles. The fourth-order valence-corrected chi connectivity index (χ4v) is 3.85. The van der Waals surface area contributed by atoms with Gasteiger partial charge in [-0.05, 0) is 36.6 Å². The quantitative estimate of drug-likeness (QED) is 0.546. The molecule has 2 nitrogen and oxygen atoms in total. The van der Waals surface area contributed by atoms with Crippen LogP contribution in [0.5, 0.6) is 0 Å². The lowest BCUT2D eigenvalue weighted by Gasteiger charge is -2.48. The SMILES string of the molecule is O=C(C[N+]12CCC(CC1)CC2)c1ccsc1.[Br-]. The number of Topliss-reactive ketones (excluding diaryl/α,β-unsaturated/α-hetero) is 1. The lowest BCUT2D eigenvalue weighted by atomic mass is 9.85. The first kappa shape index (κ1) is 13.2. The lowest BCUT2D eigenvalue weighted by Crippen LogP contribution is -3.00. The first-order chi connectivity index (χ1) is 7.77. The first-order valence-corrected chi connectivity index (χ1v) is 7.12. The summed E-state index contributed by atoms with van der Waals surface area (Å²) in [6.45, 7) is 4.45. The molecule has 2 bridgehead atoms. The summed E-state index contributed by atoms with van der Waals surface area (Å²) in [7, 11) is 0. The molecule has 0 aromatic carbocycles. The molecule has 3 fully saturated rings. The van der Waals surface area contributed by atoms with E-state index in [9.17, 15) is 4.79 Å². The average molecular weight is 316 g/mol. The van der Waals surface area contributed by atoms with E-state index >= 15 is 0 Å². The number of hydrogen-bond acceptors (Lipinski definition) is 2. The number of thiophene rings is 1. The molecule has 3 saturated heterocycles. The molecule has 3 aliphatic rings. The molecule has 0 radical (unpaired) electrons. The zero-order chi connectivity index (χ0) is 11.0. The van der Waals surface area contributed by atoms with E-state index in [4.69, 9.17) is 0 Å². The molecule has 0 amide bonds. The third-order valence-electron chi connectivity index (χ3n) is 4.36. The van der Waals surface area contributed by atoms with Crippen LogP contribution in [0.2, 0.25) is 0 Å². The number of rotatable bonds is 3. The van der Waals surface area contributed by atoms with Gasteiger partial charge >= 0.3 is 0 Å². The third-order valence-corrected chi connectivity index (χ3v) is 5.04. The van der Waals surface area contributed by atoms with Crippen LogP contribution >= 0.6 is 11.3 Å². The van der Waals surface area contributed by atoms with E-state index in [1.165, 1.54) is 38.9 Å². The van der Waals surface area contributed by atoms with E-state index in [1.807, 2.05) is 16.8 Å². The van der Waals surface area contributed by atoms with Crippen LogP contribution in [0, 0.1) is 5.92 Å². The molecule has 0 atom stereocenters. The maximum Gasteiger partial charge on any atom is 0.217 e. The van der Waals surface area contributed by atoms with E-state index in [-0.39, 0.29) is 17.0 Å². The molecule has 0 spiro atoms. The predicted molar refractivity (Wildman–Crippen MR) is 65.7 cm³/mol. The van der Waals surface area contributed by atoms with Crippen LogP contribution in [-0.4, -0.2) is 36.4 Å². The minimum atomic E-state index is 0. The van der Waals surface area contributed by atoms with Crippen molar-refractivity contribution < 1.29 is 26.3 Å². The molecular weight excluding hydrogens is 298 g/mol. The highest BCUT2D eigenvalue weighted by atomic mass is 79.9. The van der Waals surface area contributed by atoms with E-state index < -0.39 is 0 Å². The number of quaternary nitrogens is 1. The van der Waals surface area contributed by atoms with Crippen molar-refractivity contribution in [2.75, 3.05) is 26.2 Å². The van der Waals surface area contributed by atoms with Gasteiger partial charge in [0.05, 0.1) is 19.6 Å². The lowest BCUT2D eigenvalue weighted by molar-refractivity contribution is -0.935. The Bertz CT molecular complexity index is 368. The van der Waals surface area contributed by atoms with Crippen molar-refractivity contribution >= 4 is 17.1 Å². The second-order valence-electron chi connectivity index (χ2n) is 5.34. The average Bonchev–Trinajstić information content (AvgIpc) is 2.84. The Morgan fingerprint density at radius 2 is 1.94 bits per heavy atom. The van der Waals surface area contributed by atoms with Crippen molar-refractivity contribution in [3.8, 4) is 0 Å². The van der Waals surface area contributed by atoms with Crippen molar-refractivity contribution in [2.24, 2.45) is 5.92 Å². The van der Waals surface area contributed by atoms with Gasteiger partial charge in [0.1, 0.15) is 6.54 Å². The Hall–Kier alpha value is -0.190. The zero-order valence-electron chi connectivity index (χ0n) is 9.90. The van der Waals surface area contributed by atoms with E-state index in [1.54, 1.807) is 11.3 Å². The van der Waals surface area contributed by atoms with Gasteiger partial charge in [0.2, 0.25) is 5.78 Å². The van der Waals surface area contributed by atoms with Crippen LogP contribution in [-0.2, 0) is 0 Å². The molecule has 17 heavy (non-hydrogen) atoms. The summed E-state index contributed by atoms with van der Waals surface area (Å²) in [5.74, 6) is 1.32. The number of carbonyl (C=O) groups is 1. The molecule has 4 heterocycles. The molecule has 94 valence electrons. The molecule has 4 rings (SSSR count). The standard InChI is InChI=1S/C13H18NOS.BrH/c15-13(12-4-8-16-10-12)9-14-5-1-11(2-6-14)3-7-14;/h4,8,10-11H,1-3,5-7,9H2;1H/q+1;/p-1. The highest BCUT2D eigenvalue weighted by molar-refractivity contribution is 7.08. The van der Waals surface area contributed by atoms with E-state index in [2.05, 4.69) is 0 Å². The number of ketones is 1. The van der Waals surface area contributed by atoms with Crippen molar-refractivity contribution in [3.05, 3.63) is 22.4 Å². The maximum atomic E-state index is 12.1. The molecule has 0 saturated carbocycles. The van der Waals surface area contributed by atoms with Crippen molar-refractivity contribution in [2.45, 2.75) is 19.3 Å². The Kier molecular flexibility index (Phi) is 4.06. The van der Waals surface area contributed by atoms with Crippen LogP contribution in [0.3, 0.4) is 0 Å². The summed E-state index contributed by atoms with van der Waals surface area (Å²) < 4.78 is 1.07. The van der Waals surface area contributed by atoms with Gasteiger partial charge in [-0.15, -0.1) is 0 Å². The van der Waals surface area contributed by atoms with Crippen LogP contribution in [0.25, 0.3) is 0 Å². The van der Waals surface area contributed by atoms with Gasteiger partial charge in [-0.25, -0.2) is 0 Å². The highest BCUT2D eigenvalue weighted by Crippen LogP contribution is 2.33. The summed E-state index contributed by atoms with van der Waals surface area (Å²) in [6, 6.07) is 1.96. The number of halogens is 1. The van der Waals surface area contributed by atoms with Gasteiger partial charge in [0, 0.05) is 10.9 Å². The van der Waals surface area contributed by atoms with Crippen molar-refractivity contribution in [1.82, 2.24) is 0 Å². The monoisotopic (exact) mass is 315 g/mol. The van der Waals surface area contributed by atoms with Gasteiger partial charge < -0.3 is 21.5 Å². The predicted octanol–water partition coefficient (Wildman–Crippen LogP) is -0.435. The Labute approximate surface area is 117 Å². The smallest absolute Gasteiger partial charge is 0.217 e.